The van der Waals surface area contributed by atoms with Crippen LogP contribution in [0.25, 0.3) is 10.8 Å². The van der Waals surface area contributed by atoms with Crippen molar-refractivity contribution >= 4 is 22.3 Å². The molecule has 3 atom stereocenters. The maximum atomic E-state index is 14.8. The Labute approximate surface area is 245 Å². The van der Waals surface area contributed by atoms with Gasteiger partial charge in [0.2, 0.25) is 0 Å². The first-order valence-electron chi connectivity index (χ1n) is 14.8. The first-order chi connectivity index (χ1) is 20.2. The third kappa shape index (κ3) is 4.68. The van der Waals surface area contributed by atoms with Gasteiger partial charge >= 0.3 is 6.01 Å². The molecule has 4 aliphatic rings. The fourth-order valence-electron chi connectivity index (χ4n) is 7.27. The number of fused-ring (bicyclic) bond motifs is 3. The summed E-state index contributed by atoms with van der Waals surface area (Å²) in [6.45, 7) is 5.83. The van der Waals surface area contributed by atoms with Gasteiger partial charge in [-0.05, 0) is 68.3 Å². The molecule has 0 aliphatic carbocycles. The minimum atomic E-state index is -0.816. The molecule has 0 bridgehead atoms. The lowest BCUT2D eigenvalue weighted by molar-refractivity contribution is 0.0253. The van der Waals surface area contributed by atoms with Crippen LogP contribution in [0.3, 0.4) is 0 Å². The molecular formula is C33H36FN5O3. The van der Waals surface area contributed by atoms with E-state index in [-0.39, 0.29) is 17.7 Å². The molecule has 0 saturated carbocycles. The van der Waals surface area contributed by atoms with Crippen molar-refractivity contribution in [3.8, 4) is 18.4 Å². The zero-order valence-electron chi connectivity index (χ0n) is 23.9. The molecule has 5 heterocycles. The number of nitrogens with two attached hydrogens (primary N) is 1. The van der Waals surface area contributed by atoms with Gasteiger partial charge in [-0.1, -0.05) is 24.1 Å². The number of benzene rings is 2. The largest absolute Gasteiger partial charge is 0.461 e. The van der Waals surface area contributed by atoms with E-state index in [0.717, 1.165) is 73.3 Å². The molecule has 2 fully saturated rings. The van der Waals surface area contributed by atoms with Crippen molar-refractivity contribution in [2.45, 2.75) is 62.9 Å². The number of terminal acetylenes is 1. The summed E-state index contributed by atoms with van der Waals surface area (Å²) in [6.07, 6.45) is 14.0. The number of nitrogens with zero attached hydrogens (tertiary/aromatic N) is 4. The number of piperidine rings is 1. The molecule has 7 rings (SSSR count). The Morgan fingerprint density at radius 1 is 1.24 bits per heavy atom. The fourth-order valence-corrected chi connectivity index (χ4v) is 7.27. The lowest BCUT2D eigenvalue weighted by atomic mass is 9.91. The number of anilines is 2. The van der Waals surface area contributed by atoms with Crippen LogP contribution >= 0.6 is 0 Å². The van der Waals surface area contributed by atoms with Crippen molar-refractivity contribution in [3.05, 3.63) is 64.6 Å². The van der Waals surface area contributed by atoms with Crippen LogP contribution in [-0.4, -0.2) is 63.9 Å². The molecule has 8 nitrogen and oxygen atoms in total. The van der Waals surface area contributed by atoms with Gasteiger partial charge in [-0.2, -0.15) is 9.97 Å². The number of aliphatic hydroxyl groups is 1. The number of hydrogen-bond donors (Lipinski definition) is 2. The first-order valence-corrected chi connectivity index (χ1v) is 14.8. The van der Waals surface area contributed by atoms with Gasteiger partial charge in [0.1, 0.15) is 18.2 Å². The van der Waals surface area contributed by atoms with Gasteiger partial charge in [0.05, 0.1) is 35.1 Å². The predicted molar refractivity (Wildman–Crippen MR) is 160 cm³/mol. The molecule has 2 unspecified atom stereocenters. The van der Waals surface area contributed by atoms with Gasteiger partial charge in [-0.15, -0.1) is 6.42 Å². The van der Waals surface area contributed by atoms with E-state index in [9.17, 15) is 9.50 Å². The van der Waals surface area contributed by atoms with Crippen molar-refractivity contribution in [2.75, 3.05) is 43.4 Å². The minimum Gasteiger partial charge on any atom is -0.461 e. The summed E-state index contributed by atoms with van der Waals surface area (Å²) < 4.78 is 27.6. The number of aromatic nitrogens is 2. The molecule has 9 heteroatoms. The Bertz CT molecular complexity index is 1630. The van der Waals surface area contributed by atoms with E-state index in [1.54, 1.807) is 12.1 Å². The number of nitrogen functional groups attached to an aromatic ring is 1. The molecule has 2 aromatic carbocycles. The highest BCUT2D eigenvalue weighted by Gasteiger charge is 2.42. The van der Waals surface area contributed by atoms with E-state index >= 15 is 0 Å². The van der Waals surface area contributed by atoms with Crippen molar-refractivity contribution in [1.82, 2.24) is 14.9 Å². The molecule has 0 spiro atoms. The van der Waals surface area contributed by atoms with Crippen molar-refractivity contribution in [1.29, 1.82) is 0 Å². The van der Waals surface area contributed by atoms with E-state index in [1.807, 2.05) is 13.0 Å². The zero-order valence-corrected chi connectivity index (χ0v) is 23.9. The van der Waals surface area contributed by atoms with Gasteiger partial charge in [0.25, 0.3) is 0 Å². The quantitative estimate of drug-likeness (QED) is 0.267. The van der Waals surface area contributed by atoms with Crippen LogP contribution in [0, 0.1) is 18.2 Å². The van der Waals surface area contributed by atoms with E-state index in [4.69, 9.17) is 31.6 Å². The topological polar surface area (TPSA) is 97.0 Å². The fraction of sp³-hybridized carbons (Fsp3) is 0.455. The number of rotatable bonds is 5. The molecule has 4 aliphatic heterocycles. The molecule has 3 aromatic rings. The lowest BCUT2D eigenvalue weighted by Gasteiger charge is -2.39. The third-order valence-corrected chi connectivity index (χ3v) is 9.32. The number of hydrogen-bond acceptors (Lipinski definition) is 8. The van der Waals surface area contributed by atoms with Gasteiger partial charge < -0.3 is 25.2 Å². The van der Waals surface area contributed by atoms with Crippen LogP contribution in [0.2, 0.25) is 0 Å². The van der Waals surface area contributed by atoms with Crippen LogP contribution in [0.5, 0.6) is 6.01 Å². The van der Waals surface area contributed by atoms with Gasteiger partial charge in [-0.25, -0.2) is 4.39 Å². The second-order valence-electron chi connectivity index (χ2n) is 12.4. The van der Waals surface area contributed by atoms with Crippen LogP contribution < -0.4 is 15.4 Å². The summed E-state index contributed by atoms with van der Waals surface area (Å²) in [5, 5.41) is 12.3. The predicted octanol–water partition coefficient (Wildman–Crippen LogP) is 4.28. The molecule has 218 valence electrons. The normalized spacial score (nSPS) is 27.2. The maximum Gasteiger partial charge on any atom is 0.318 e. The Hall–Kier alpha value is -3.71. The first kappa shape index (κ1) is 27.1. The smallest absolute Gasteiger partial charge is 0.318 e. The molecule has 2 saturated heterocycles. The average molecular weight is 570 g/mol. The standard InChI is InChI=1S/C33H36FN5O3/c1-3-23-26(34)8-7-21-15-22(35)16-24(29(21)23)28-17-27-25(18-41-28)30(38-12-4-9-32(2,40)19-38)37-31(36-27)42-20-33-10-5-13-39(33)14-6-11-33/h1,5,7-8,10,15-16,28,40H,4,6,9,11-14,17-20,35H2,2H3/t28?,32?,33-/m1/s1. The second kappa shape index (κ2) is 10.2. The molecule has 42 heavy (non-hydrogen) atoms. The van der Waals surface area contributed by atoms with Crippen LogP contribution in [-0.2, 0) is 17.8 Å². The van der Waals surface area contributed by atoms with Gasteiger partial charge in [0.15, 0.2) is 0 Å². The highest BCUT2D eigenvalue weighted by Crippen LogP contribution is 2.41. The molecule has 0 amide bonds. The second-order valence-corrected chi connectivity index (χ2v) is 12.4. The van der Waals surface area contributed by atoms with Crippen molar-refractivity contribution in [3.63, 3.8) is 0 Å². The lowest BCUT2D eigenvalue weighted by Crippen LogP contribution is -2.47. The summed E-state index contributed by atoms with van der Waals surface area (Å²) in [5.74, 6) is 2.82. The van der Waals surface area contributed by atoms with E-state index in [0.29, 0.717) is 36.7 Å². The summed E-state index contributed by atoms with van der Waals surface area (Å²) in [6, 6.07) is 7.01. The molecule has 1 aromatic heterocycles. The Morgan fingerprint density at radius 2 is 2.10 bits per heavy atom. The van der Waals surface area contributed by atoms with Crippen molar-refractivity contribution in [2.24, 2.45) is 0 Å². The third-order valence-electron chi connectivity index (χ3n) is 9.32. The maximum absolute atomic E-state index is 14.8. The monoisotopic (exact) mass is 569 g/mol. The van der Waals surface area contributed by atoms with Gasteiger partial charge in [-0.3, -0.25) is 4.90 Å². The Balaban J connectivity index is 1.27. The zero-order chi connectivity index (χ0) is 29.1. The van der Waals surface area contributed by atoms with E-state index < -0.39 is 17.5 Å². The van der Waals surface area contributed by atoms with E-state index in [1.165, 1.54) is 6.07 Å². The number of halogens is 1. The number of β-amino-alcohol motifs (C(OH)–C–C–N with tert-alkyl or cyclic N) is 1. The van der Waals surface area contributed by atoms with Gasteiger partial charge in [0, 0.05) is 42.7 Å². The van der Waals surface area contributed by atoms with Crippen LogP contribution in [0.1, 0.15) is 61.1 Å². The Morgan fingerprint density at radius 3 is 2.93 bits per heavy atom. The van der Waals surface area contributed by atoms with E-state index in [2.05, 4.69) is 27.9 Å². The molecule has 3 N–H and O–H groups in total. The molecule has 0 radical (unpaired) electrons. The van der Waals surface area contributed by atoms with Crippen LogP contribution in [0.4, 0.5) is 15.9 Å². The molecular weight excluding hydrogens is 533 g/mol. The number of ether oxygens (including phenoxy) is 2. The highest BCUT2D eigenvalue weighted by atomic mass is 19.1. The summed E-state index contributed by atoms with van der Waals surface area (Å²) >= 11 is 0. The summed E-state index contributed by atoms with van der Waals surface area (Å²) in [4.78, 5) is 14.4. The van der Waals surface area contributed by atoms with Crippen LogP contribution in [0.15, 0.2) is 36.4 Å². The van der Waals surface area contributed by atoms with Crippen molar-refractivity contribution < 1.29 is 19.0 Å². The SMILES string of the molecule is C#Cc1c(F)ccc2cc(N)cc(C3Cc4nc(OC[C@]56C=CCN5CCC6)nc(N5CCCC(C)(O)C5)c4CO3)c12. The summed E-state index contributed by atoms with van der Waals surface area (Å²) in [5.41, 5.74) is 8.54. The Kier molecular flexibility index (Phi) is 6.61. The summed E-state index contributed by atoms with van der Waals surface area (Å²) in [7, 11) is 0. The average Bonchev–Trinajstić information content (AvgIpc) is 3.55. The highest BCUT2D eigenvalue weighted by molar-refractivity contribution is 5.94. The minimum absolute atomic E-state index is 0.115.